The van der Waals surface area contributed by atoms with Crippen LogP contribution >= 0.6 is 0 Å². The van der Waals surface area contributed by atoms with E-state index >= 15 is 0 Å². The van der Waals surface area contributed by atoms with Crippen molar-refractivity contribution >= 4 is 17.7 Å². The van der Waals surface area contributed by atoms with Gasteiger partial charge in [-0.15, -0.1) is 0 Å². The van der Waals surface area contributed by atoms with E-state index in [9.17, 15) is 9.59 Å². The number of benzene rings is 2. The quantitative estimate of drug-likeness (QED) is 0.247. The lowest BCUT2D eigenvalue weighted by atomic mass is 9.91. The van der Waals surface area contributed by atoms with Crippen LogP contribution in [0.4, 0.5) is 10.5 Å². The maximum Gasteiger partial charge on any atom is 0.412 e. The summed E-state index contributed by atoms with van der Waals surface area (Å²) in [6, 6.07) is 14.1. The third kappa shape index (κ3) is 9.17. The number of rotatable bonds is 12. The minimum atomic E-state index is -0.618. The van der Waals surface area contributed by atoms with Gasteiger partial charge in [0.05, 0.1) is 20.3 Å². The van der Waals surface area contributed by atoms with Crippen molar-refractivity contribution in [1.29, 1.82) is 0 Å². The fraction of sp³-hybridized carbons (Fsp3) is 0.333. The Kier molecular flexibility index (Phi) is 11.4. The minimum absolute atomic E-state index is 0.0840. The minimum Gasteiger partial charge on any atom is -0.497 e. The molecule has 0 spiro atoms. The number of methoxy groups -OCH3 is 1. The second kappa shape index (κ2) is 14.5. The number of carbonyl (C=O) groups is 2. The number of amides is 1. The molecule has 35 heavy (non-hydrogen) atoms. The summed E-state index contributed by atoms with van der Waals surface area (Å²) in [5.41, 5.74) is 2.23. The fourth-order valence-electron chi connectivity index (χ4n) is 3.17. The van der Waals surface area contributed by atoms with Gasteiger partial charge in [-0.1, -0.05) is 36.8 Å². The zero-order valence-electron chi connectivity index (χ0n) is 20.5. The molecule has 2 aromatic carbocycles. The molecule has 0 aliphatic heterocycles. The van der Waals surface area contributed by atoms with Gasteiger partial charge in [-0.3, -0.25) is 5.32 Å². The molecule has 2 rings (SSSR count). The van der Waals surface area contributed by atoms with E-state index in [1.54, 1.807) is 62.6 Å². The Hall–Kier alpha value is -3.78. The molecular weight excluding hydrogens is 450 g/mol. The lowest BCUT2D eigenvalue weighted by molar-refractivity contribution is -0.137. The first-order valence-corrected chi connectivity index (χ1v) is 11.3. The molecule has 8 heteroatoms. The summed E-state index contributed by atoms with van der Waals surface area (Å²) >= 11 is 0. The number of nitrogens with one attached hydrogen (secondary N) is 1. The molecule has 8 nitrogen and oxygen atoms in total. The molecule has 2 aromatic rings. The number of allylic oxidation sites excluding steroid dienone is 2. The molecule has 0 saturated carbocycles. The normalized spacial score (nSPS) is 13.1. The van der Waals surface area contributed by atoms with Crippen molar-refractivity contribution < 1.29 is 33.6 Å². The van der Waals surface area contributed by atoms with Crippen LogP contribution in [0.5, 0.6) is 11.5 Å². The average molecular weight is 484 g/mol. The summed E-state index contributed by atoms with van der Waals surface area (Å²) in [5.74, 6) is 0.638. The monoisotopic (exact) mass is 483 g/mol. The second-order valence-corrected chi connectivity index (χ2v) is 7.63. The molecule has 1 amide bonds. The topological polar surface area (TPSA) is 103 Å². The number of anilines is 1. The number of hydrogen-bond acceptors (Lipinski definition) is 7. The SMILES string of the molecule is CCOC(=O)/C=C/C=C(\C)[C@@H](C)[C@H](OC(=O)Nc1ccc(OC)cc1)c1ccc(OCCO)cc1. The number of aliphatic hydroxyl groups is 1. The van der Waals surface area contributed by atoms with Gasteiger partial charge in [0, 0.05) is 17.7 Å². The molecule has 0 fully saturated rings. The molecule has 0 aromatic heterocycles. The second-order valence-electron chi connectivity index (χ2n) is 7.63. The molecule has 0 heterocycles. The van der Waals surface area contributed by atoms with Gasteiger partial charge in [0.1, 0.15) is 24.2 Å². The third-order valence-electron chi connectivity index (χ3n) is 5.19. The molecule has 0 aliphatic carbocycles. The first-order valence-electron chi connectivity index (χ1n) is 11.3. The Morgan fingerprint density at radius 2 is 1.71 bits per heavy atom. The van der Waals surface area contributed by atoms with E-state index in [1.165, 1.54) is 6.08 Å². The predicted molar refractivity (Wildman–Crippen MR) is 134 cm³/mol. The number of ether oxygens (including phenoxy) is 4. The van der Waals surface area contributed by atoms with Crippen molar-refractivity contribution in [3.63, 3.8) is 0 Å². The first-order chi connectivity index (χ1) is 16.9. The summed E-state index contributed by atoms with van der Waals surface area (Å²) < 4.78 is 21.3. The lowest BCUT2D eigenvalue weighted by Crippen LogP contribution is -2.22. The van der Waals surface area contributed by atoms with Crippen molar-refractivity contribution in [3.05, 3.63) is 77.9 Å². The van der Waals surface area contributed by atoms with Gasteiger partial charge >= 0.3 is 12.1 Å². The Bertz CT molecular complexity index is 997. The van der Waals surface area contributed by atoms with Crippen LogP contribution in [0.3, 0.4) is 0 Å². The number of aliphatic hydroxyl groups excluding tert-OH is 1. The van der Waals surface area contributed by atoms with Gasteiger partial charge in [-0.25, -0.2) is 9.59 Å². The fourth-order valence-corrected chi connectivity index (χ4v) is 3.17. The smallest absolute Gasteiger partial charge is 0.412 e. The van der Waals surface area contributed by atoms with E-state index in [4.69, 9.17) is 24.1 Å². The highest BCUT2D eigenvalue weighted by atomic mass is 16.6. The number of carbonyl (C=O) groups excluding carboxylic acids is 2. The van der Waals surface area contributed by atoms with Gasteiger partial charge in [0.2, 0.25) is 0 Å². The van der Waals surface area contributed by atoms with Crippen LogP contribution in [0.1, 0.15) is 32.4 Å². The van der Waals surface area contributed by atoms with Crippen LogP contribution < -0.4 is 14.8 Å². The van der Waals surface area contributed by atoms with Crippen LogP contribution in [-0.4, -0.2) is 44.1 Å². The van der Waals surface area contributed by atoms with E-state index in [1.807, 2.05) is 26.0 Å². The predicted octanol–water partition coefficient (Wildman–Crippen LogP) is 5.06. The molecule has 0 radical (unpaired) electrons. The van der Waals surface area contributed by atoms with Crippen molar-refractivity contribution in [2.24, 2.45) is 5.92 Å². The Morgan fingerprint density at radius 1 is 1.06 bits per heavy atom. The summed E-state index contributed by atoms with van der Waals surface area (Å²) in [5, 5.41) is 11.7. The average Bonchev–Trinajstić information content (AvgIpc) is 2.86. The van der Waals surface area contributed by atoms with Crippen LogP contribution in [0.25, 0.3) is 0 Å². The summed E-state index contributed by atoms with van der Waals surface area (Å²) in [6.45, 7) is 5.99. The number of esters is 1. The largest absolute Gasteiger partial charge is 0.497 e. The molecule has 188 valence electrons. The number of hydrogen-bond donors (Lipinski definition) is 2. The van der Waals surface area contributed by atoms with Crippen LogP contribution in [0.15, 0.2) is 72.3 Å². The summed E-state index contributed by atoms with van der Waals surface area (Å²) in [4.78, 5) is 24.3. The summed E-state index contributed by atoms with van der Waals surface area (Å²) in [6.07, 6.45) is 3.52. The molecular formula is C27H33NO7. The highest BCUT2D eigenvalue weighted by molar-refractivity contribution is 5.85. The van der Waals surface area contributed by atoms with Gasteiger partial charge in [0.15, 0.2) is 0 Å². The maximum atomic E-state index is 12.7. The highest BCUT2D eigenvalue weighted by Gasteiger charge is 2.25. The first kappa shape index (κ1) is 27.5. The van der Waals surface area contributed by atoms with Gasteiger partial charge in [0.25, 0.3) is 0 Å². The van der Waals surface area contributed by atoms with Crippen LogP contribution in [0, 0.1) is 5.92 Å². The highest BCUT2D eigenvalue weighted by Crippen LogP contribution is 2.32. The van der Waals surface area contributed by atoms with Crippen molar-refractivity contribution in [3.8, 4) is 11.5 Å². The molecule has 2 N–H and O–H groups in total. The maximum absolute atomic E-state index is 12.7. The zero-order chi connectivity index (χ0) is 25.6. The van der Waals surface area contributed by atoms with Crippen molar-refractivity contribution in [2.75, 3.05) is 32.2 Å². The Balaban J connectivity index is 2.21. The van der Waals surface area contributed by atoms with E-state index < -0.39 is 18.2 Å². The van der Waals surface area contributed by atoms with E-state index in [0.717, 1.165) is 11.1 Å². The molecule has 0 aliphatic rings. The van der Waals surface area contributed by atoms with Gasteiger partial charge in [-0.05, 0) is 55.8 Å². The van der Waals surface area contributed by atoms with Gasteiger partial charge < -0.3 is 24.1 Å². The Morgan fingerprint density at radius 3 is 2.31 bits per heavy atom. The van der Waals surface area contributed by atoms with Crippen LogP contribution in [0.2, 0.25) is 0 Å². The Labute approximate surface area is 206 Å². The van der Waals surface area contributed by atoms with E-state index in [2.05, 4.69) is 5.32 Å². The van der Waals surface area contributed by atoms with Crippen LogP contribution in [-0.2, 0) is 14.3 Å². The lowest BCUT2D eigenvalue weighted by Gasteiger charge is -2.25. The molecule has 0 saturated heterocycles. The van der Waals surface area contributed by atoms with E-state index in [-0.39, 0.29) is 19.1 Å². The summed E-state index contributed by atoms with van der Waals surface area (Å²) in [7, 11) is 1.57. The van der Waals surface area contributed by atoms with Gasteiger partial charge in [-0.2, -0.15) is 0 Å². The third-order valence-corrected chi connectivity index (χ3v) is 5.19. The molecule has 2 atom stereocenters. The van der Waals surface area contributed by atoms with E-state index in [0.29, 0.717) is 23.8 Å². The zero-order valence-corrected chi connectivity index (χ0v) is 20.5. The molecule has 0 unspecified atom stereocenters. The molecule has 0 bridgehead atoms. The van der Waals surface area contributed by atoms with Crippen molar-refractivity contribution in [1.82, 2.24) is 0 Å². The standard InChI is InChI=1S/C27H33NO7/c1-5-33-25(30)8-6-7-19(2)20(3)26(21-9-13-24(14-10-21)34-18-17-29)35-27(31)28-22-11-15-23(32-4)16-12-22/h6-16,20,26,29H,5,17-18H2,1-4H3,(H,28,31)/b8-6+,19-7+/t20-,26+/m1/s1. The van der Waals surface area contributed by atoms with Crippen molar-refractivity contribution in [2.45, 2.75) is 26.9 Å².